The highest BCUT2D eigenvalue weighted by Crippen LogP contribution is 2.28. The Labute approximate surface area is 177 Å². The molecule has 1 amide bonds. The van der Waals surface area contributed by atoms with Crippen LogP contribution in [0.25, 0.3) is 5.69 Å². The molecule has 0 fully saturated rings. The van der Waals surface area contributed by atoms with E-state index in [9.17, 15) is 13.6 Å². The van der Waals surface area contributed by atoms with Crippen LogP contribution in [-0.4, -0.2) is 40.2 Å². The van der Waals surface area contributed by atoms with Gasteiger partial charge in [0.15, 0.2) is 17.3 Å². The van der Waals surface area contributed by atoms with Crippen molar-refractivity contribution < 1.29 is 13.6 Å². The second kappa shape index (κ2) is 7.92. The highest BCUT2D eigenvalue weighted by molar-refractivity contribution is 7.10. The fraction of sp³-hybridized carbons (Fsp3) is 0.364. The lowest BCUT2D eigenvalue weighted by Gasteiger charge is -2.26. The van der Waals surface area contributed by atoms with Gasteiger partial charge in [0.25, 0.3) is 5.91 Å². The zero-order chi connectivity index (χ0) is 20.7. The van der Waals surface area contributed by atoms with Crippen LogP contribution in [-0.2, 0) is 25.8 Å². The molecule has 0 radical (unpaired) electrons. The maximum absolute atomic E-state index is 13.7. The van der Waals surface area contributed by atoms with E-state index >= 15 is 0 Å². The molecule has 5 rings (SSSR count). The first-order valence-electron chi connectivity index (χ1n) is 10.2. The highest BCUT2D eigenvalue weighted by atomic mass is 32.1. The summed E-state index contributed by atoms with van der Waals surface area (Å²) in [5.74, 6) is -2.02. The number of carbonyl (C=O) groups excluding carboxylic acids is 1. The summed E-state index contributed by atoms with van der Waals surface area (Å²) >= 11 is 1.82. The molecule has 156 valence electrons. The molecule has 2 aromatic heterocycles. The van der Waals surface area contributed by atoms with Crippen molar-refractivity contribution >= 4 is 17.2 Å². The van der Waals surface area contributed by atoms with Gasteiger partial charge in [-0.1, -0.05) is 0 Å². The summed E-state index contributed by atoms with van der Waals surface area (Å²) in [6.07, 6.45) is 3.53. The number of nitrogens with zero attached hydrogens (tertiary/aromatic N) is 3. The number of benzene rings is 1. The predicted molar refractivity (Wildman–Crippen MR) is 111 cm³/mol. The van der Waals surface area contributed by atoms with Crippen LogP contribution < -0.4 is 5.32 Å². The van der Waals surface area contributed by atoms with Gasteiger partial charge in [-0.3, -0.25) is 9.69 Å². The van der Waals surface area contributed by atoms with Crippen molar-refractivity contribution in [2.75, 3.05) is 19.6 Å². The third-order valence-corrected chi connectivity index (χ3v) is 6.92. The molecule has 0 spiro atoms. The first kappa shape index (κ1) is 19.4. The minimum atomic E-state index is -0.920. The first-order valence-corrected chi connectivity index (χ1v) is 11.1. The Hall–Kier alpha value is -2.58. The molecule has 0 saturated heterocycles. The molecule has 3 heterocycles. The normalized spacial score (nSPS) is 15.8. The van der Waals surface area contributed by atoms with Gasteiger partial charge >= 0.3 is 0 Å². The number of thiophene rings is 1. The number of hydrogen-bond donors (Lipinski definition) is 1. The van der Waals surface area contributed by atoms with E-state index in [2.05, 4.69) is 26.8 Å². The molecule has 8 heteroatoms. The van der Waals surface area contributed by atoms with Crippen molar-refractivity contribution in [2.45, 2.75) is 32.2 Å². The largest absolute Gasteiger partial charge is 0.349 e. The summed E-state index contributed by atoms with van der Waals surface area (Å²) in [6.45, 7) is 3.26. The number of amides is 1. The molecule has 5 nitrogen and oxygen atoms in total. The van der Waals surface area contributed by atoms with Gasteiger partial charge in [0.05, 0.1) is 5.69 Å². The Bertz CT molecular complexity index is 1110. The molecule has 1 N–H and O–H groups in total. The van der Waals surface area contributed by atoms with Crippen LogP contribution in [0.4, 0.5) is 8.78 Å². The van der Waals surface area contributed by atoms with Gasteiger partial charge < -0.3 is 5.32 Å². The molecule has 0 bridgehead atoms. The second-order valence-corrected chi connectivity index (χ2v) is 8.79. The molecule has 0 atom stereocenters. The number of rotatable bonds is 5. The van der Waals surface area contributed by atoms with Crippen molar-refractivity contribution in [1.82, 2.24) is 20.0 Å². The monoisotopic (exact) mass is 428 g/mol. The van der Waals surface area contributed by atoms with Crippen molar-refractivity contribution in [1.29, 1.82) is 0 Å². The van der Waals surface area contributed by atoms with Crippen LogP contribution >= 0.6 is 11.3 Å². The predicted octanol–water partition coefficient (Wildman–Crippen LogP) is 3.49. The molecular formula is C22H22F2N4OS. The third kappa shape index (κ3) is 3.54. The van der Waals surface area contributed by atoms with E-state index in [-0.39, 0.29) is 5.91 Å². The molecule has 0 saturated carbocycles. The van der Waals surface area contributed by atoms with Gasteiger partial charge in [-0.25, -0.2) is 13.5 Å². The second-order valence-electron chi connectivity index (χ2n) is 7.79. The summed E-state index contributed by atoms with van der Waals surface area (Å²) in [5, 5.41) is 9.59. The quantitative estimate of drug-likeness (QED) is 0.677. The summed E-state index contributed by atoms with van der Waals surface area (Å²) in [6, 6.07) is 5.88. The molecule has 1 aromatic carbocycles. The Morgan fingerprint density at radius 2 is 2.07 bits per heavy atom. The summed E-state index contributed by atoms with van der Waals surface area (Å²) in [5.41, 5.74) is 4.04. The van der Waals surface area contributed by atoms with E-state index in [0.29, 0.717) is 17.9 Å². The number of nitrogens with one attached hydrogen (secondary N) is 1. The van der Waals surface area contributed by atoms with Gasteiger partial charge in [-0.05, 0) is 54.8 Å². The van der Waals surface area contributed by atoms with Crippen LogP contribution in [0.1, 0.15) is 38.6 Å². The van der Waals surface area contributed by atoms with Crippen LogP contribution in [0.2, 0.25) is 0 Å². The molecule has 1 aliphatic heterocycles. The van der Waals surface area contributed by atoms with Crippen LogP contribution in [0.3, 0.4) is 0 Å². The average Bonchev–Trinajstić information content (AvgIpc) is 3.45. The zero-order valence-corrected chi connectivity index (χ0v) is 17.3. The minimum Gasteiger partial charge on any atom is -0.349 e. The topological polar surface area (TPSA) is 50.2 Å². The smallest absolute Gasteiger partial charge is 0.272 e. The molecule has 0 unspecified atom stereocenters. The van der Waals surface area contributed by atoms with Crippen molar-refractivity contribution in [2.24, 2.45) is 0 Å². The van der Waals surface area contributed by atoms with E-state index in [1.54, 1.807) is 4.68 Å². The summed E-state index contributed by atoms with van der Waals surface area (Å²) in [4.78, 5) is 16.6. The van der Waals surface area contributed by atoms with Crippen LogP contribution in [0.15, 0.2) is 29.6 Å². The average molecular weight is 429 g/mol. The fourth-order valence-electron chi connectivity index (χ4n) is 4.36. The standard InChI is InChI=1S/C22H22F2N4OS/c23-17-5-4-15(12-18(17)24)28-19-3-1-2-16(19)21(26-28)22(29)25-8-10-27-9-6-20-14(13-27)7-11-30-20/h4-5,7,11-12H,1-3,6,8-10,13H2,(H,25,29). The van der Waals surface area contributed by atoms with E-state index < -0.39 is 11.6 Å². The highest BCUT2D eigenvalue weighted by Gasteiger charge is 2.27. The van der Waals surface area contributed by atoms with Gasteiger partial charge in [0, 0.05) is 48.4 Å². The lowest BCUT2D eigenvalue weighted by molar-refractivity contribution is 0.0941. The summed E-state index contributed by atoms with van der Waals surface area (Å²) < 4.78 is 28.6. The number of carbonyl (C=O) groups is 1. The Morgan fingerprint density at radius 1 is 1.17 bits per heavy atom. The lowest BCUT2D eigenvalue weighted by atomic mass is 10.1. The molecule has 3 aromatic rings. The van der Waals surface area contributed by atoms with Crippen molar-refractivity contribution in [3.05, 3.63) is 68.7 Å². The maximum atomic E-state index is 13.7. The molecule has 30 heavy (non-hydrogen) atoms. The summed E-state index contributed by atoms with van der Waals surface area (Å²) in [7, 11) is 0. The van der Waals surface area contributed by atoms with Crippen LogP contribution in [0.5, 0.6) is 0 Å². The third-order valence-electron chi connectivity index (χ3n) is 5.89. The Balaban J connectivity index is 1.27. The number of aromatic nitrogens is 2. The van der Waals surface area contributed by atoms with Crippen molar-refractivity contribution in [3.63, 3.8) is 0 Å². The fourth-order valence-corrected chi connectivity index (χ4v) is 5.25. The van der Waals surface area contributed by atoms with Crippen LogP contribution in [0, 0.1) is 11.6 Å². The van der Waals surface area contributed by atoms with E-state index in [0.717, 1.165) is 68.7 Å². The number of halogens is 2. The maximum Gasteiger partial charge on any atom is 0.272 e. The van der Waals surface area contributed by atoms with E-state index in [4.69, 9.17) is 0 Å². The lowest BCUT2D eigenvalue weighted by Crippen LogP contribution is -2.37. The van der Waals surface area contributed by atoms with Gasteiger partial charge in [-0.2, -0.15) is 5.10 Å². The van der Waals surface area contributed by atoms with Gasteiger partial charge in [0.2, 0.25) is 0 Å². The van der Waals surface area contributed by atoms with E-state index in [1.165, 1.54) is 16.5 Å². The van der Waals surface area contributed by atoms with Crippen molar-refractivity contribution in [3.8, 4) is 5.69 Å². The SMILES string of the molecule is O=C(NCCN1CCc2sccc2C1)c1nn(-c2ccc(F)c(F)c2)c2c1CCC2. The van der Waals surface area contributed by atoms with Gasteiger partial charge in [-0.15, -0.1) is 11.3 Å². The molecular weight excluding hydrogens is 406 g/mol. The zero-order valence-electron chi connectivity index (χ0n) is 16.5. The number of fused-ring (bicyclic) bond motifs is 2. The first-order chi connectivity index (χ1) is 14.6. The Morgan fingerprint density at radius 3 is 2.93 bits per heavy atom. The molecule has 2 aliphatic rings. The van der Waals surface area contributed by atoms with E-state index in [1.807, 2.05) is 11.3 Å². The van der Waals surface area contributed by atoms with Gasteiger partial charge in [0.1, 0.15) is 0 Å². The molecule has 1 aliphatic carbocycles. The minimum absolute atomic E-state index is 0.206. The Kier molecular flexibility index (Phi) is 5.12. The number of hydrogen-bond acceptors (Lipinski definition) is 4.